The van der Waals surface area contributed by atoms with Crippen LogP contribution in [0.25, 0.3) is 0 Å². The Kier molecular flexibility index (Phi) is 4.30. The van der Waals surface area contributed by atoms with Crippen molar-refractivity contribution in [3.8, 4) is 0 Å². The Balaban J connectivity index is 2.74. The zero-order chi connectivity index (χ0) is 14.2. The molecular formula is C13H26O3Si2. The van der Waals surface area contributed by atoms with E-state index < -0.39 is 15.4 Å². The van der Waals surface area contributed by atoms with E-state index >= 15 is 0 Å². The lowest BCUT2D eigenvalue weighted by Crippen LogP contribution is -2.68. The van der Waals surface area contributed by atoms with Crippen LogP contribution in [0.5, 0.6) is 0 Å². The van der Waals surface area contributed by atoms with Gasteiger partial charge in [0.1, 0.15) is 7.59 Å². The van der Waals surface area contributed by atoms with Crippen molar-refractivity contribution in [2.45, 2.75) is 58.5 Å². The maximum absolute atomic E-state index is 11.5. The maximum atomic E-state index is 11.5. The molecule has 1 rings (SSSR count). The van der Waals surface area contributed by atoms with Gasteiger partial charge in [-0.05, 0) is 40.3 Å². The van der Waals surface area contributed by atoms with E-state index in [1.165, 1.54) is 6.04 Å². The van der Waals surface area contributed by atoms with Crippen LogP contribution in [0.1, 0.15) is 27.2 Å². The second-order valence-corrected chi connectivity index (χ2v) is 21.2. The molecule has 1 aliphatic rings. The van der Waals surface area contributed by atoms with Crippen LogP contribution in [0.3, 0.4) is 0 Å². The lowest BCUT2D eigenvalue weighted by molar-refractivity contribution is -0.137. The minimum absolute atomic E-state index is 0.0133. The third kappa shape index (κ3) is 3.33. The summed E-state index contributed by atoms with van der Waals surface area (Å²) < 4.78 is 11.8. The van der Waals surface area contributed by atoms with Crippen LogP contribution < -0.4 is 0 Å². The summed E-state index contributed by atoms with van der Waals surface area (Å²) in [6.07, 6.45) is 1.64. The van der Waals surface area contributed by atoms with Crippen molar-refractivity contribution in [1.82, 2.24) is 0 Å². The topological polar surface area (TPSA) is 35.5 Å². The summed E-state index contributed by atoms with van der Waals surface area (Å²) >= 11 is 0. The quantitative estimate of drug-likeness (QED) is 0.454. The first-order valence-electron chi connectivity index (χ1n) is 6.52. The van der Waals surface area contributed by atoms with E-state index in [1.807, 2.05) is 0 Å². The molecule has 0 N–H and O–H groups in total. The highest BCUT2D eigenvalue weighted by molar-refractivity contribution is 7.39. The van der Waals surface area contributed by atoms with E-state index in [9.17, 15) is 4.79 Å². The van der Waals surface area contributed by atoms with E-state index in [4.69, 9.17) is 9.16 Å². The van der Waals surface area contributed by atoms with Gasteiger partial charge in [-0.25, -0.2) is 4.79 Å². The molecule has 1 aliphatic heterocycles. The van der Waals surface area contributed by atoms with Crippen molar-refractivity contribution in [3.05, 3.63) is 12.2 Å². The van der Waals surface area contributed by atoms with Gasteiger partial charge in [0, 0.05) is 5.57 Å². The first-order valence-corrected chi connectivity index (χ1v) is 13.3. The predicted octanol–water partition coefficient (Wildman–Crippen LogP) is 3.21. The van der Waals surface area contributed by atoms with Crippen molar-refractivity contribution in [3.63, 3.8) is 0 Å². The molecular weight excluding hydrogens is 260 g/mol. The fourth-order valence-electron chi connectivity index (χ4n) is 2.34. The largest absolute Gasteiger partial charge is 0.466 e. The van der Waals surface area contributed by atoms with Gasteiger partial charge >= 0.3 is 5.97 Å². The summed E-state index contributed by atoms with van der Waals surface area (Å²) in [6.45, 7) is 16.5. The van der Waals surface area contributed by atoms with Crippen LogP contribution in [0.2, 0.25) is 25.7 Å². The van der Waals surface area contributed by atoms with Gasteiger partial charge in [-0.2, -0.15) is 0 Å². The molecule has 0 amide bonds. The van der Waals surface area contributed by atoms with Crippen LogP contribution >= 0.6 is 0 Å². The Morgan fingerprint density at radius 1 is 1.39 bits per heavy atom. The fourth-order valence-corrected chi connectivity index (χ4v) is 11.8. The van der Waals surface area contributed by atoms with Gasteiger partial charge in [-0.1, -0.05) is 19.2 Å². The third-order valence-electron chi connectivity index (χ3n) is 4.13. The number of rotatable bonds is 3. The highest BCUT2D eigenvalue weighted by atomic mass is 29.3. The second kappa shape index (κ2) is 4.94. The summed E-state index contributed by atoms with van der Waals surface area (Å²) in [7, 11) is -3.38. The van der Waals surface area contributed by atoms with Gasteiger partial charge in [-0.3, -0.25) is 0 Å². The molecule has 0 radical (unpaired) electrons. The summed E-state index contributed by atoms with van der Waals surface area (Å²) in [6, 6.07) is 1.18. The molecule has 0 aromatic heterocycles. The van der Waals surface area contributed by atoms with Crippen LogP contribution in [-0.4, -0.2) is 33.2 Å². The molecule has 1 heterocycles. The van der Waals surface area contributed by atoms with Crippen LogP contribution in [0.4, 0.5) is 0 Å². The standard InChI is InChI=1S/C13H26O3Si2/c1-11(2)12(14)15-10-18(7)9-8-13(3,4)16-17(18,5)6/h1,8-10H2,2-7H3. The number of carbonyl (C=O) groups excluding carboxylic acids is 1. The molecule has 1 saturated heterocycles. The Morgan fingerprint density at radius 3 is 2.39 bits per heavy atom. The van der Waals surface area contributed by atoms with Crippen molar-refractivity contribution in [2.75, 3.05) is 6.23 Å². The SMILES string of the molecule is C=C(C)C(=O)OC[Si]1(C)CCC(C)(C)O[Si]1(C)C. The van der Waals surface area contributed by atoms with E-state index in [2.05, 4.69) is 40.1 Å². The molecule has 104 valence electrons. The van der Waals surface area contributed by atoms with E-state index in [0.29, 0.717) is 11.8 Å². The average molecular weight is 287 g/mol. The van der Waals surface area contributed by atoms with Crippen LogP contribution in [0, 0.1) is 0 Å². The number of ether oxygens (including phenoxy) is 1. The minimum Gasteiger partial charge on any atom is -0.466 e. The van der Waals surface area contributed by atoms with Gasteiger partial charge in [0.2, 0.25) is 0 Å². The Hall–Kier alpha value is -0.396. The second-order valence-electron chi connectivity index (χ2n) is 6.79. The Morgan fingerprint density at radius 2 is 1.94 bits per heavy atom. The van der Waals surface area contributed by atoms with Crippen molar-refractivity contribution >= 4 is 21.4 Å². The fraction of sp³-hybridized carbons (Fsp3) is 0.769. The zero-order valence-corrected chi connectivity index (χ0v) is 14.6. The first kappa shape index (κ1) is 15.7. The van der Waals surface area contributed by atoms with E-state index in [1.54, 1.807) is 6.92 Å². The third-order valence-corrected chi connectivity index (χ3v) is 20.4. The smallest absolute Gasteiger partial charge is 0.332 e. The Bertz CT molecular complexity index is 363. The molecule has 18 heavy (non-hydrogen) atoms. The molecule has 5 heteroatoms. The molecule has 1 fully saturated rings. The molecule has 0 bridgehead atoms. The molecule has 1 atom stereocenters. The van der Waals surface area contributed by atoms with Gasteiger partial charge in [0.05, 0.1) is 11.8 Å². The molecule has 0 spiro atoms. The zero-order valence-electron chi connectivity index (χ0n) is 12.6. The van der Waals surface area contributed by atoms with Crippen molar-refractivity contribution in [1.29, 1.82) is 0 Å². The lowest BCUT2D eigenvalue weighted by atomic mass is 10.1. The van der Waals surface area contributed by atoms with Gasteiger partial charge in [0.15, 0.2) is 7.83 Å². The summed E-state index contributed by atoms with van der Waals surface area (Å²) in [5.74, 6) is -0.265. The highest BCUT2D eigenvalue weighted by Gasteiger charge is 2.54. The number of esters is 1. The van der Waals surface area contributed by atoms with Crippen molar-refractivity contribution in [2.24, 2.45) is 0 Å². The number of hydrogen-bond donors (Lipinski definition) is 0. The monoisotopic (exact) mass is 286 g/mol. The maximum Gasteiger partial charge on any atom is 0.332 e. The predicted molar refractivity (Wildman–Crippen MR) is 79.5 cm³/mol. The molecule has 0 saturated carbocycles. The first-order chi connectivity index (χ1) is 7.99. The number of hydrogen-bond acceptors (Lipinski definition) is 3. The lowest BCUT2D eigenvalue weighted by Gasteiger charge is -2.50. The van der Waals surface area contributed by atoms with Crippen LogP contribution in [0.15, 0.2) is 12.2 Å². The van der Waals surface area contributed by atoms with Gasteiger partial charge in [0.25, 0.3) is 0 Å². The minimum atomic E-state index is -1.75. The Labute approximate surface area is 112 Å². The molecule has 1 unspecified atom stereocenters. The highest BCUT2D eigenvalue weighted by Crippen LogP contribution is 2.38. The summed E-state index contributed by atoms with van der Waals surface area (Å²) in [5, 5.41) is 0. The normalized spacial score (nSPS) is 29.7. The van der Waals surface area contributed by atoms with Gasteiger partial charge < -0.3 is 9.16 Å². The van der Waals surface area contributed by atoms with Gasteiger partial charge in [-0.15, -0.1) is 0 Å². The van der Waals surface area contributed by atoms with Crippen molar-refractivity contribution < 1.29 is 14.0 Å². The number of carbonyl (C=O) groups is 1. The molecule has 0 aliphatic carbocycles. The molecule has 3 nitrogen and oxygen atoms in total. The van der Waals surface area contributed by atoms with E-state index in [0.717, 1.165) is 6.42 Å². The summed E-state index contributed by atoms with van der Waals surface area (Å²) in [5.41, 5.74) is 0.463. The molecule has 0 aromatic carbocycles. The van der Waals surface area contributed by atoms with E-state index in [-0.39, 0.29) is 11.6 Å². The summed E-state index contributed by atoms with van der Waals surface area (Å²) in [4.78, 5) is 11.5. The average Bonchev–Trinajstić information content (AvgIpc) is 2.19. The molecule has 0 aromatic rings. The van der Waals surface area contributed by atoms with Crippen LogP contribution in [-0.2, 0) is 14.0 Å².